The van der Waals surface area contributed by atoms with E-state index >= 15 is 0 Å². The first-order valence-corrected chi connectivity index (χ1v) is 6.65. The minimum Gasteiger partial charge on any atom is -0.369 e. The van der Waals surface area contributed by atoms with Gasteiger partial charge in [-0.2, -0.15) is 0 Å². The molecule has 0 atom stereocenters. The number of amides is 1. The second-order valence-electron chi connectivity index (χ2n) is 4.76. The van der Waals surface area contributed by atoms with Gasteiger partial charge in [-0.05, 0) is 6.92 Å². The standard InChI is InChI=1S/C15H18N4O2/c1-3-19(2)15(17)11-6-4-10(5-7-11)13-8-12(21-18-13)9-14(16)20/h4-8,17H,3,9H2,1-2H3,(H2,16,20). The first kappa shape index (κ1) is 14.8. The highest BCUT2D eigenvalue weighted by atomic mass is 16.5. The Balaban J connectivity index is 2.17. The molecule has 110 valence electrons. The summed E-state index contributed by atoms with van der Waals surface area (Å²) in [5.74, 6) is 0.461. The molecule has 0 fully saturated rings. The van der Waals surface area contributed by atoms with Crippen molar-refractivity contribution in [3.63, 3.8) is 0 Å². The fourth-order valence-electron chi connectivity index (χ4n) is 1.88. The lowest BCUT2D eigenvalue weighted by Gasteiger charge is -2.17. The van der Waals surface area contributed by atoms with Crippen molar-refractivity contribution in [3.05, 3.63) is 41.7 Å². The van der Waals surface area contributed by atoms with Gasteiger partial charge >= 0.3 is 0 Å². The van der Waals surface area contributed by atoms with Crippen LogP contribution in [0.5, 0.6) is 0 Å². The second-order valence-corrected chi connectivity index (χ2v) is 4.76. The van der Waals surface area contributed by atoms with Crippen LogP contribution in [0.4, 0.5) is 0 Å². The summed E-state index contributed by atoms with van der Waals surface area (Å²) in [5, 5.41) is 12.0. The highest BCUT2D eigenvalue weighted by Gasteiger charge is 2.10. The zero-order valence-corrected chi connectivity index (χ0v) is 12.1. The molecule has 0 radical (unpaired) electrons. The number of hydrogen-bond donors (Lipinski definition) is 2. The van der Waals surface area contributed by atoms with E-state index in [0.717, 1.165) is 17.7 Å². The monoisotopic (exact) mass is 286 g/mol. The molecule has 0 saturated heterocycles. The maximum atomic E-state index is 10.8. The largest absolute Gasteiger partial charge is 0.369 e. The molecule has 21 heavy (non-hydrogen) atoms. The van der Waals surface area contributed by atoms with Gasteiger partial charge in [0.1, 0.15) is 17.3 Å². The van der Waals surface area contributed by atoms with E-state index in [9.17, 15) is 4.79 Å². The third-order valence-corrected chi connectivity index (χ3v) is 3.22. The van der Waals surface area contributed by atoms with Gasteiger partial charge in [-0.25, -0.2) is 0 Å². The SMILES string of the molecule is CCN(C)C(=N)c1ccc(-c2cc(CC(N)=O)on2)cc1. The molecule has 0 aliphatic heterocycles. The summed E-state index contributed by atoms with van der Waals surface area (Å²) in [6, 6.07) is 9.18. The van der Waals surface area contributed by atoms with Crippen LogP contribution in [0.2, 0.25) is 0 Å². The van der Waals surface area contributed by atoms with Crippen molar-refractivity contribution in [2.75, 3.05) is 13.6 Å². The highest BCUT2D eigenvalue weighted by molar-refractivity contribution is 5.96. The lowest BCUT2D eigenvalue weighted by atomic mass is 10.1. The average Bonchev–Trinajstić information content (AvgIpc) is 2.93. The minimum absolute atomic E-state index is 0.0387. The van der Waals surface area contributed by atoms with Crippen LogP contribution in [0.3, 0.4) is 0 Å². The van der Waals surface area contributed by atoms with Crippen LogP contribution in [-0.2, 0) is 11.2 Å². The summed E-state index contributed by atoms with van der Waals surface area (Å²) in [7, 11) is 1.88. The lowest BCUT2D eigenvalue weighted by Crippen LogP contribution is -2.26. The maximum absolute atomic E-state index is 10.8. The van der Waals surface area contributed by atoms with Gasteiger partial charge in [-0.15, -0.1) is 0 Å². The molecule has 2 rings (SSSR count). The van der Waals surface area contributed by atoms with E-state index in [1.807, 2.05) is 43.1 Å². The summed E-state index contributed by atoms with van der Waals surface area (Å²) >= 11 is 0. The third-order valence-electron chi connectivity index (χ3n) is 3.22. The number of amidine groups is 1. The minimum atomic E-state index is -0.455. The van der Waals surface area contributed by atoms with E-state index < -0.39 is 5.91 Å². The summed E-state index contributed by atoms with van der Waals surface area (Å²) in [4.78, 5) is 12.7. The molecule has 0 saturated carbocycles. The number of rotatable bonds is 5. The van der Waals surface area contributed by atoms with Gasteiger partial charge < -0.3 is 15.2 Å². The van der Waals surface area contributed by atoms with Crippen LogP contribution in [0.25, 0.3) is 11.3 Å². The van der Waals surface area contributed by atoms with E-state index in [1.54, 1.807) is 6.07 Å². The average molecular weight is 286 g/mol. The molecule has 0 aliphatic rings. The molecule has 0 unspecified atom stereocenters. The van der Waals surface area contributed by atoms with E-state index in [1.165, 1.54) is 0 Å². The smallest absolute Gasteiger partial charge is 0.225 e. The van der Waals surface area contributed by atoms with Crippen molar-refractivity contribution in [3.8, 4) is 11.3 Å². The Hall–Kier alpha value is -2.63. The number of primary amides is 1. The number of nitrogens with one attached hydrogen (secondary N) is 1. The molecule has 0 aliphatic carbocycles. The van der Waals surface area contributed by atoms with Crippen molar-refractivity contribution in [2.45, 2.75) is 13.3 Å². The molecule has 1 amide bonds. The van der Waals surface area contributed by atoms with Crippen LogP contribution in [-0.4, -0.2) is 35.4 Å². The predicted molar refractivity (Wildman–Crippen MR) is 80.0 cm³/mol. The summed E-state index contributed by atoms with van der Waals surface area (Å²) in [6.45, 7) is 2.78. The van der Waals surface area contributed by atoms with Crippen molar-refractivity contribution in [1.29, 1.82) is 5.41 Å². The van der Waals surface area contributed by atoms with Gasteiger partial charge in [0.2, 0.25) is 5.91 Å². The zero-order chi connectivity index (χ0) is 15.4. The molecule has 0 spiro atoms. The van der Waals surface area contributed by atoms with Gasteiger partial charge in [0, 0.05) is 30.8 Å². The topological polar surface area (TPSA) is 96.2 Å². The van der Waals surface area contributed by atoms with Gasteiger partial charge in [0.05, 0.1) is 6.42 Å². The van der Waals surface area contributed by atoms with Gasteiger partial charge in [-0.3, -0.25) is 10.2 Å². The predicted octanol–water partition coefficient (Wildman–Crippen LogP) is 1.65. The van der Waals surface area contributed by atoms with Crippen LogP contribution >= 0.6 is 0 Å². The van der Waals surface area contributed by atoms with Gasteiger partial charge in [-0.1, -0.05) is 29.4 Å². The first-order chi connectivity index (χ1) is 10.0. The fraction of sp³-hybridized carbons (Fsp3) is 0.267. The Morgan fingerprint density at radius 1 is 1.38 bits per heavy atom. The molecule has 6 heteroatoms. The number of aromatic nitrogens is 1. The fourth-order valence-corrected chi connectivity index (χ4v) is 1.88. The van der Waals surface area contributed by atoms with Crippen molar-refractivity contribution < 1.29 is 9.32 Å². The normalized spacial score (nSPS) is 10.4. The Labute approximate surface area is 123 Å². The maximum Gasteiger partial charge on any atom is 0.225 e. The molecule has 6 nitrogen and oxygen atoms in total. The Morgan fingerprint density at radius 3 is 2.62 bits per heavy atom. The number of hydrogen-bond acceptors (Lipinski definition) is 4. The van der Waals surface area contributed by atoms with Crippen LogP contribution < -0.4 is 5.73 Å². The molecule has 1 heterocycles. The summed E-state index contributed by atoms with van der Waals surface area (Å²) in [5.41, 5.74) is 7.46. The van der Waals surface area contributed by atoms with E-state index in [0.29, 0.717) is 17.3 Å². The number of carbonyl (C=O) groups excluding carboxylic acids is 1. The molecule has 2 aromatic rings. The third kappa shape index (κ3) is 3.47. The highest BCUT2D eigenvalue weighted by Crippen LogP contribution is 2.20. The van der Waals surface area contributed by atoms with Gasteiger partial charge in [0.25, 0.3) is 0 Å². The van der Waals surface area contributed by atoms with E-state index in [4.69, 9.17) is 15.7 Å². The van der Waals surface area contributed by atoms with E-state index in [2.05, 4.69) is 5.16 Å². The molecule has 0 bridgehead atoms. The number of benzene rings is 1. The van der Waals surface area contributed by atoms with Crippen LogP contribution in [0.15, 0.2) is 34.9 Å². The van der Waals surface area contributed by atoms with Crippen LogP contribution in [0, 0.1) is 5.41 Å². The number of nitrogens with two attached hydrogens (primary N) is 1. The van der Waals surface area contributed by atoms with Gasteiger partial charge in [0.15, 0.2) is 0 Å². The Bertz CT molecular complexity index is 646. The molecular weight excluding hydrogens is 268 g/mol. The molecule has 1 aromatic heterocycles. The molecular formula is C15H18N4O2. The first-order valence-electron chi connectivity index (χ1n) is 6.65. The Morgan fingerprint density at radius 2 is 2.05 bits per heavy atom. The molecule has 1 aromatic carbocycles. The quantitative estimate of drug-likeness (QED) is 0.645. The Kier molecular flexibility index (Phi) is 4.37. The summed E-state index contributed by atoms with van der Waals surface area (Å²) in [6.07, 6.45) is 0.0387. The van der Waals surface area contributed by atoms with Crippen molar-refractivity contribution >= 4 is 11.7 Å². The lowest BCUT2D eigenvalue weighted by molar-refractivity contribution is -0.117. The van der Waals surface area contributed by atoms with Crippen molar-refractivity contribution in [1.82, 2.24) is 10.1 Å². The van der Waals surface area contributed by atoms with Crippen LogP contribution in [0.1, 0.15) is 18.2 Å². The number of nitrogens with zero attached hydrogens (tertiary/aromatic N) is 2. The number of carbonyl (C=O) groups is 1. The van der Waals surface area contributed by atoms with Crippen molar-refractivity contribution in [2.24, 2.45) is 5.73 Å². The van der Waals surface area contributed by atoms with E-state index in [-0.39, 0.29) is 6.42 Å². The second kappa shape index (κ2) is 6.21. The summed E-state index contributed by atoms with van der Waals surface area (Å²) < 4.78 is 5.06. The zero-order valence-electron chi connectivity index (χ0n) is 12.1. The molecule has 3 N–H and O–H groups in total.